The molecule has 0 spiro atoms. The van der Waals surface area contributed by atoms with Crippen LogP contribution in [-0.4, -0.2) is 24.4 Å². The summed E-state index contributed by atoms with van der Waals surface area (Å²) in [6.07, 6.45) is 3.54. The smallest absolute Gasteiger partial charge is 0.188 e. The van der Waals surface area contributed by atoms with Crippen LogP contribution in [0.5, 0.6) is 5.75 Å². The van der Waals surface area contributed by atoms with Crippen molar-refractivity contribution in [2.45, 2.75) is 0 Å². The summed E-state index contributed by atoms with van der Waals surface area (Å²) in [6.45, 7) is 0. The van der Waals surface area contributed by atoms with E-state index in [-0.39, 0.29) is 5.78 Å². The van der Waals surface area contributed by atoms with Gasteiger partial charge in [-0.25, -0.2) is 0 Å². The summed E-state index contributed by atoms with van der Waals surface area (Å²) in [4.78, 5) is 12.9. The predicted molar refractivity (Wildman–Crippen MR) is 105 cm³/mol. The molecule has 1 heterocycles. The van der Waals surface area contributed by atoms with Crippen molar-refractivity contribution < 1.29 is 9.53 Å². The number of benzene rings is 2. The summed E-state index contributed by atoms with van der Waals surface area (Å²) in [5.41, 5.74) is 2.75. The Labute approximate surface area is 151 Å². The standard InChI is InChI=1S/C20H18O2S2/c1-22-17-10-8-16(9-11-17)19(20-23-13-14-24-20)18(21)12-7-15-5-3-2-4-6-15/h2-12H,13-14H2,1H3/b12-7+. The van der Waals surface area contributed by atoms with Crippen molar-refractivity contribution in [3.05, 3.63) is 76.0 Å². The summed E-state index contributed by atoms with van der Waals surface area (Å²) < 4.78 is 6.33. The lowest BCUT2D eigenvalue weighted by Crippen LogP contribution is -2.00. The quantitative estimate of drug-likeness (QED) is 0.696. The van der Waals surface area contributed by atoms with Gasteiger partial charge in [0, 0.05) is 17.1 Å². The van der Waals surface area contributed by atoms with Crippen LogP contribution >= 0.6 is 23.5 Å². The average Bonchev–Trinajstić information content (AvgIpc) is 3.16. The van der Waals surface area contributed by atoms with Crippen LogP contribution < -0.4 is 4.74 Å². The van der Waals surface area contributed by atoms with Gasteiger partial charge in [0.05, 0.1) is 11.3 Å². The van der Waals surface area contributed by atoms with Crippen LogP contribution in [0.25, 0.3) is 11.6 Å². The lowest BCUT2D eigenvalue weighted by molar-refractivity contribution is -0.109. The lowest BCUT2D eigenvalue weighted by atomic mass is 10.0. The SMILES string of the molecule is COc1ccc(C(C(=O)/C=C/c2ccccc2)=C2SCCS2)cc1. The zero-order valence-electron chi connectivity index (χ0n) is 13.4. The Hall–Kier alpha value is -1.91. The number of carbonyl (C=O) groups excluding carboxylic acids is 1. The zero-order chi connectivity index (χ0) is 16.8. The molecule has 0 saturated carbocycles. The molecular weight excluding hydrogens is 336 g/mol. The molecule has 0 aliphatic carbocycles. The Morgan fingerprint density at radius 2 is 1.67 bits per heavy atom. The fraction of sp³-hybridized carbons (Fsp3) is 0.150. The third kappa shape index (κ3) is 4.13. The van der Waals surface area contributed by atoms with Crippen LogP contribution in [-0.2, 0) is 4.79 Å². The number of rotatable bonds is 5. The van der Waals surface area contributed by atoms with Gasteiger partial charge in [-0.05, 0) is 29.3 Å². The molecule has 1 fully saturated rings. The summed E-state index contributed by atoms with van der Waals surface area (Å²) in [6, 6.07) is 17.6. The molecule has 0 N–H and O–H groups in total. The van der Waals surface area contributed by atoms with E-state index in [1.165, 1.54) is 0 Å². The maximum absolute atomic E-state index is 12.9. The highest BCUT2D eigenvalue weighted by atomic mass is 32.2. The van der Waals surface area contributed by atoms with Crippen molar-refractivity contribution in [1.29, 1.82) is 0 Å². The van der Waals surface area contributed by atoms with Crippen LogP contribution in [0.4, 0.5) is 0 Å². The molecule has 2 nitrogen and oxygen atoms in total. The number of ether oxygens (including phenoxy) is 1. The van der Waals surface area contributed by atoms with E-state index in [1.54, 1.807) is 36.7 Å². The van der Waals surface area contributed by atoms with Gasteiger partial charge in [0.2, 0.25) is 0 Å². The zero-order valence-corrected chi connectivity index (χ0v) is 15.0. The molecule has 3 rings (SSSR count). The molecule has 2 aromatic carbocycles. The van der Waals surface area contributed by atoms with Crippen LogP contribution in [0.15, 0.2) is 64.9 Å². The van der Waals surface area contributed by atoms with Crippen LogP contribution in [0.3, 0.4) is 0 Å². The van der Waals surface area contributed by atoms with Crippen LogP contribution in [0.1, 0.15) is 11.1 Å². The van der Waals surface area contributed by atoms with Crippen molar-refractivity contribution in [2.75, 3.05) is 18.6 Å². The van der Waals surface area contributed by atoms with Crippen molar-refractivity contribution in [1.82, 2.24) is 0 Å². The van der Waals surface area contributed by atoms with Crippen LogP contribution in [0.2, 0.25) is 0 Å². The first-order chi connectivity index (χ1) is 11.8. The summed E-state index contributed by atoms with van der Waals surface area (Å²) in [5.74, 6) is 2.94. The Morgan fingerprint density at radius 3 is 2.29 bits per heavy atom. The largest absolute Gasteiger partial charge is 0.497 e. The van der Waals surface area contributed by atoms with Gasteiger partial charge >= 0.3 is 0 Å². The number of thioether (sulfide) groups is 2. The van der Waals surface area contributed by atoms with E-state index in [4.69, 9.17) is 4.74 Å². The molecule has 4 heteroatoms. The van der Waals surface area contributed by atoms with Crippen molar-refractivity contribution >= 4 is 41.0 Å². The Morgan fingerprint density at radius 1 is 1.00 bits per heavy atom. The Bertz CT molecular complexity index is 754. The van der Waals surface area contributed by atoms with Gasteiger partial charge in [-0.2, -0.15) is 0 Å². The average molecular weight is 354 g/mol. The second-order valence-corrected chi connectivity index (χ2v) is 7.66. The second-order valence-electron chi connectivity index (χ2n) is 5.20. The maximum Gasteiger partial charge on any atom is 0.188 e. The molecule has 0 bridgehead atoms. The summed E-state index contributed by atoms with van der Waals surface area (Å²) in [5, 5.41) is 0. The first-order valence-corrected chi connectivity index (χ1v) is 9.67. The molecule has 1 saturated heterocycles. The van der Waals surface area contributed by atoms with E-state index in [0.717, 1.165) is 38.2 Å². The van der Waals surface area contributed by atoms with E-state index in [2.05, 4.69) is 0 Å². The first kappa shape index (κ1) is 16.9. The molecule has 2 aromatic rings. The number of ketones is 1. The Balaban J connectivity index is 1.91. The third-order valence-corrected chi connectivity index (χ3v) is 6.32. The van der Waals surface area contributed by atoms with E-state index in [0.29, 0.717) is 0 Å². The Kier molecular flexibility index (Phi) is 5.83. The molecule has 0 atom stereocenters. The maximum atomic E-state index is 12.9. The van der Waals surface area contributed by atoms with E-state index in [9.17, 15) is 4.79 Å². The van der Waals surface area contributed by atoms with Gasteiger partial charge in [0.15, 0.2) is 5.78 Å². The predicted octanol–water partition coefficient (Wildman–Crippen LogP) is 5.13. The molecular formula is C20H18O2S2. The van der Waals surface area contributed by atoms with E-state index < -0.39 is 0 Å². The van der Waals surface area contributed by atoms with Gasteiger partial charge < -0.3 is 4.74 Å². The number of allylic oxidation sites excluding steroid dienone is 2. The minimum Gasteiger partial charge on any atom is -0.497 e. The van der Waals surface area contributed by atoms with Gasteiger partial charge in [-0.3, -0.25) is 4.79 Å². The highest BCUT2D eigenvalue weighted by Gasteiger charge is 2.20. The van der Waals surface area contributed by atoms with E-state index in [1.807, 2.05) is 60.7 Å². The topological polar surface area (TPSA) is 26.3 Å². The van der Waals surface area contributed by atoms with Gasteiger partial charge in [0.1, 0.15) is 5.75 Å². The molecule has 1 aliphatic rings. The fourth-order valence-electron chi connectivity index (χ4n) is 2.39. The second kappa shape index (κ2) is 8.27. The van der Waals surface area contributed by atoms with Crippen molar-refractivity contribution in [3.8, 4) is 5.75 Å². The van der Waals surface area contributed by atoms with E-state index >= 15 is 0 Å². The number of hydrogen-bond acceptors (Lipinski definition) is 4. The molecule has 1 aliphatic heterocycles. The van der Waals surface area contributed by atoms with Crippen molar-refractivity contribution in [3.63, 3.8) is 0 Å². The number of methoxy groups -OCH3 is 1. The van der Waals surface area contributed by atoms with Gasteiger partial charge in [-0.15, -0.1) is 23.5 Å². The molecule has 24 heavy (non-hydrogen) atoms. The third-order valence-electron chi connectivity index (χ3n) is 3.61. The number of carbonyl (C=O) groups is 1. The highest BCUT2D eigenvalue weighted by Crippen LogP contribution is 2.42. The number of hydrogen-bond donors (Lipinski definition) is 0. The van der Waals surface area contributed by atoms with Crippen molar-refractivity contribution in [2.24, 2.45) is 0 Å². The lowest BCUT2D eigenvalue weighted by Gasteiger charge is -2.09. The minimum atomic E-state index is 0.0425. The molecule has 0 radical (unpaired) electrons. The van der Waals surface area contributed by atoms with Gasteiger partial charge in [-0.1, -0.05) is 48.5 Å². The molecule has 122 valence electrons. The van der Waals surface area contributed by atoms with Crippen LogP contribution in [0, 0.1) is 0 Å². The molecule has 0 amide bonds. The normalized spacial score (nSPS) is 14.1. The van der Waals surface area contributed by atoms with Gasteiger partial charge in [0.25, 0.3) is 0 Å². The summed E-state index contributed by atoms with van der Waals surface area (Å²) in [7, 11) is 1.64. The monoisotopic (exact) mass is 354 g/mol. The molecule has 0 unspecified atom stereocenters. The minimum absolute atomic E-state index is 0.0425. The molecule has 0 aromatic heterocycles. The first-order valence-electron chi connectivity index (χ1n) is 7.69. The fourth-order valence-corrected chi connectivity index (χ4v) is 4.99. The highest BCUT2D eigenvalue weighted by molar-refractivity contribution is 8.25. The summed E-state index contributed by atoms with van der Waals surface area (Å²) >= 11 is 3.52.